The van der Waals surface area contributed by atoms with Crippen LogP contribution in [-0.2, 0) is 32.0 Å². The number of rotatable bonds is 13. The molecule has 11 heteroatoms. The SMILES string of the molecule is CSCCC(N)C(=O)NC(Cc1ccccc1)C(=O)N1CCCC1C(=O)NC(Cc1c[nH]c2ccccc12)C(=O)O. The first-order valence-electron chi connectivity index (χ1n) is 13.8. The molecular formula is C30H37N5O5S. The highest BCUT2D eigenvalue weighted by atomic mass is 32.2. The Labute approximate surface area is 243 Å². The molecule has 4 atom stereocenters. The van der Waals surface area contributed by atoms with E-state index in [1.807, 2.05) is 60.9 Å². The number of aromatic amines is 1. The molecule has 41 heavy (non-hydrogen) atoms. The highest BCUT2D eigenvalue weighted by molar-refractivity contribution is 7.98. The average Bonchev–Trinajstić information content (AvgIpc) is 3.63. The van der Waals surface area contributed by atoms with Crippen LogP contribution >= 0.6 is 11.8 Å². The zero-order chi connectivity index (χ0) is 29.4. The molecule has 1 aliphatic heterocycles. The van der Waals surface area contributed by atoms with Crippen LogP contribution < -0.4 is 16.4 Å². The number of fused-ring (bicyclic) bond motifs is 1. The molecule has 6 N–H and O–H groups in total. The molecule has 1 aromatic heterocycles. The molecular weight excluding hydrogens is 542 g/mol. The Balaban J connectivity index is 1.48. The first-order chi connectivity index (χ1) is 19.8. The Morgan fingerprint density at radius 1 is 1.05 bits per heavy atom. The average molecular weight is 580 g/mol. The summed E-state index contributed by atoms with van der Waals surface area (Å²) in [6.45, 7) is 0.330. The van der Waals surface area contributed by atoms with E-state index in [1.54, 1.807) is 18.0 Å². The number of benzene rings is 2. The molecule has 4 unspecified atom stereocenters. The van der Waals surface area contributed by atoms with Crippen LogP contribution in [0.15, 0.2) is 60.8 Å². The zero-order valence-electron chi connectivity index (χ0n) is 23.0. The number of nitrogens with one attached hydrogen (secondary N) is 3. The minimum absolute atomic E-state index is 0.0897. The van der Waals surface area contributed by atoms with Crippen LogP contribution in [0.1, 0.15) is 30.4 Å². The summed E-state index contributed by atoms with van der Waals surface area (Å²) in [5.41, 5.74) is 8.58. The van der Waals surface area contributed by atoms with Crippen LogP contribution in [0.25, 0.3) is 10.9 Å². The standard InChI is InChI=1S/C30H37N5O5S/c1-41-15-13-22(31)27(36)33-24(16-19-8-3-2-4-9-19)29(38)35-14-7-12-26(35)28(37)34-25(30(39)40)17-20-18-32-23-11-6-5-10-21(20)23/h2-6,8-11,18,22,24-26,32H,7,12-17,31H2,1H3,(H,33,36)(H,34,37)(H,39,40). The number of amides is 3. The largest absolute Gasteiger partial charge is 0.480 e. The third-order valence-electron chi connectivity index (χ3n) is 7.42. The number of likely N-dealkylation sites (tertiary alicyclic amines) is 1. The molecule has 0 saturated carbocycles. The van der Waals surface area contributed by atoms with Crippen LogP contribution in [0.3, 0.4) is 0 Å². The molecule has 0 bridgehead atoms. The summed E-state index contributed by atoms with van der Waals surface area (Å²) in [5, 5.41) is 16.3. The van der Waals surface area contributed by atoms with Crippen LogP contribution in [0.2, 0.25) is 0 Å². The number of para-hydroxylation sites is 1. The third-order valence-corrected chi connectivity index (χ3v) is 8.06. The molecule has 3 amide bonds. The third kappa shape index (κ3) is 7.68. The van der Waals surface area contributed by atoms with Crippen molar-refractivity contribution in [2.75, 3.05) is 18.6 Å². The van der Waals surface area contributed by atoms with Gasteiger partial charge >= 0.3 is 5.97 Å². The van der Waals surface area contributed by atoms with Gasteiger partial charge in [-0.15, -0.1) is 0 Å². The van der Waals surface area contributed by atoms with Crippen molar-refractivity contribution in [1.29, 1.82) is 0 Å². The number of hydrogen-bond donors (Lipinski definition) is 5. The molecule has 2 heterocycles. The van der Waals surface area contributed by atoms with Gasteiger partial charge in [-0.3, -0.25) is 14.4 Å². The van der Waals surface area contributed by atoms with E-state index in [1.165, 1.54) is 4.90 Å². The van der Waals surface area contributed by atoms with Gasteiger partial charge in [0.2, 0.25) is 17.7 Å². The monoisotopic (exact) mass is 579 g/mol. The second-order valence-electron chi connectivity index (χ2n) is 10.3. The summed E-state index contributed by atoms with van der Waals surface area (Å²) in [6, 6.07) is 13.2. The lowest BCUT2D eigenvalue weighted by Crippen LogP contribution is -2.57. The number of aromatic nitrogens is 1. The lowest BCUT2D eigenvalue weighted by molar-refractivity contribution is -0.144. The normalized spacial score (nSPS) is 17.1. The van der Waals surface area contributed by atoms with Crippen molar-refractivity contribution in [3.63, 3.8) is 0 Å². The summed E-state index contributed by atoms with van der Waals surface area (Å²) >= 11 is 1.58. The van der Waals surface area contributed by atoms with E-state index in [-0.39, 0.29) is 18.7 Å². The van der Waals surface area contributed by atoms with Gasteiger partial charge < -0.3 is 31.4 Å². The van der Waals surface area contributed by atoms with Gasteiger partial charge in [-0.1, -0.05) is 48.5 Å². The smallest absolute Gasteiger partial charge is 0.326 e. The lowest BCUT2D eigenvalue weighted by atomic mass is 10.0. The molecule has 10 nitrogen and oxygen atoms in total. The number of carboxylic acids is 1. The summed E-state index contributed by atoms with van der Waals surface area (Å²) in [4.78, 5) is 56.8. The number of aliphatic carboxylic acids is 1. The molecule has 1 fully saturated rings. The fourth-order valence-electron chi connectivity index (χ4n) is 5.20. The summed E-state index contributed by atoms with van der Waals surface area (Å²) in [6.07, 6.45) is 5.47. The molecule has 4 rings (SSSR count). The van der Waals surface area contributed by atoms with Gasteiger partial charge in [0.1, 0.15) is 18.1 Å². The van der Waals surface area contributed by atoms with Crippen molar-refractivity contribution in [3.8, 4) is 0 Å². The maximum Gasteiger partial charge on any atom is 0.326 e. The Bertz CT molecular complexity index is 1360. The van der Waals surface area contributed by atoms with Crippen LogP contribution in [-0.4, -0.2) is 81.4 Å². The maximum atomic E-state index is 13.8. The number of H-pyrrole nitrogens is 1. The molecule has 218 valence electrons. The second kappa shape index (κ2) is 14.2. The number of hydrogen-bond acceptors (Lipinski definition) is 6. The Hall–Kier alpha value is -3.83. The Morgan fingerprint density at radius 3 is 2.51 bits per heavy atom. The van der Waals surface area contributed by atoms with E-state index in [2.05, 4.69) is 15.6 Å². The summed E-state index contributed by atoms with van der Waals surface area (Å²) < 4.78 is 0. The predicted octanol–water partition coefficient (Wildman–Crippen LogP) is 2.08. The predicted molar refractivity (Wildman–Crippen MR) is 159 cm³/mol. The van der Waals surface area contributed by atoms with E-state index in [4.69, 9.17) is 5.73 Å². The maximum absolute atomic E-state index is 13.8. The number of carbonyl (C=O) groups excluding carboxylic acids is 3. The number of carbonyl (C=O) groups is 4. The molecule has 0 aliphatic carbocycles. The van der Waals surface area contributed by atoms with E-state index in [9.17, 15) is 24.3 Å². The first-order valence-corrected chi connectivity index (χ1v) is 15.1. The van der Waals surface area contributed by atoms with Crippen LogP contribution in [0, 0.1) is 0 Å². The molecule has 0 radical (unpaired) electrons. The summed E-state index contributed by atoms with van der Waals surface area (Å²) in [5.74, 6) is -1.78. The Morgan fingerprint density at radius 2 is 1.78 bits per heavy atom. The van der Waals surface area contributed by atoms with Gasteiger partial charge in [0.15, 0.2) is 0 Å². The highest BCUT2D eigenvalue weighted by Gasteiger charge is 2.39. The van der Waals surface area contributed by atoms with Crippen molar-refractivity contribution in [3.05, 3.63) is 71.9 Å². The number of carboxylic acid groups (broad SMARTS) is 1. The highest BCUT2D eigenvalue weighted by Crippen LogP contribution is 2.22. The zero-order valence-corrected chi connectivity index (χ0v) is 23.9. The van der Waals surface area contributed by atoms with Gasteiger partial charge in [0.05, 0.1) is 6.04 Å². The minimum Gasteiger partial charge on any atom is -0.480 e. The molecule has 3 aromatic rings. The van der Waals surface area contributed by atoms with Gasteiger partial charge in [-0.25, -0.2) is 4.79 Å². The fourth-order valence-corrected chi connectivity index (χ4v) is 5.69. The van der Waals surface area contributed by atoms with Crippen molar-refractivity contribution < 1.29 is 24.3 Å². The second-order valence-corrected chi connectivity index (χ2v) is 11.3. The fraction of sp³-hybridized carbons (Fsp3) is 0.400. The molecule has 1 aliphatic rings. The van der Waals surface area contributed by atoms with E-state index < -0.39 is 42.0 Å². The van der Waals surface area contributed by atoms with Crippen molar-refractivity contribution in [2.45, 2.75) is 56.3 Å². The molecule has 2 aromatic carbocycles. The van der Waals surface area contributed by atoms with E-state index in [0.29, 0.717) is 31.6 Å². The molecule has 1 saturated heterocycles. The lowest BCUT2D eigenvalue weighted by Gasteiger charge is -2.30. The van der Waals surface area contributed by atoms with Gasteiger partial charge in [0, 0.05) is 36.5 Å². The van der Waals surface area contributed by atoms with Gasteiger partial charge in [-0.2, -0.15) is 11.8 Å². The van der Waals surface area contributed by atoms with Crippen molar-refractivity contribution in [1.82, 2.24) is 20.5 Å². The van der Waals surface area contributed by atoms with Gasteiger partial charge in [-0.05, 0) is 48.5 Å². The van der Waals surface area contributed by atoms with Crippen molar-refractivity contribution >= 4 is 46.4 Å². The van der Waals surface area contributed by atoms with E-state index >= 15 is 0 Å². The van der Waals surface area contributed by atoms with Crippen LogP contribution in [0.4, 0.5) is 0 Å². The number of thioether (sulfide) groups is 1. The van der Waals surface area contributed by atoms with E-state index in [0.717, 1.165) is 22.0 Å². The minimum atomic E-state index is -1.17. The first kappa shape index (κ1) is 30.1. The summed E-state index contributed by atoms with van der Waals surface area (Å²) in [7, 11) is 0. The topological polar surface area (TPSA) is 158 Å². The molecule has 0 spiro atoms. The Kier molecular flexibility index (Phi) is 10.4. The van der Waals surface area contributed by atoms with Crippen molar-refractivity contribution in [2.24, 2.45) is 5.73 Å². The quantitative estimate of drug-likeness (QED) is 0.207. The number of nitrogens with zero attached hydrogens (tertiary/aromatic N) is 1. The number of nitrogens with two attached hydrogens (primary N) is 1. The van der Waals surface area contributed by atoms with Crippen LogP contribution in [0.5, 0.6) is 0 Å². The van der Waals surface area contributed by atoms with Gasteiger partial charge in [0.25, 0.3) is 0 Å².